The van der Waals surface area contributed by atoms with Crippen molar-refractivity contribution in [1.82, 2.24) is 4.98 Å². The van der Waals surface area contributed by atoms with Crippen molar-refractivity contribution in [3.05, 3.63) is 34.4 Å². The van der Waals surface area contributed by atoms with Gasteiger partial charge in [-0.1, -0.05) is 0 Å². The van der Waals surface area contributed by atoms with Gasteiger partial charge in [0.25, 0.3) is 5.91 Å². The van der Waals surface area contributed by atoms with Gasteiger partial charge in [-0.25, -0.2) is 0 Å². The third-order valence-electron chi connectivity index (χ3n) is 2.34. The normalized spacial score (nSPS) is 13.4. The van der Waals surface area contributed by atoms with Gasteiger partial charge in [-0.15, -0.1) is 0 Å². The topological polar surface area (TPSA) is 42.0 Å². The number of anilines is 1. The molecule has 14 heavy (non-hydrogen) atoms. The largest absolute Gasteiger partial charge is 0.321 e. The van der Waals surface area contributed by atoms with E-state index in [1.165, 1.54) is 0 Å². The second kappa shape index (κ2) is 2.54. The first kappa shape index (κ1) is 7.94. The van der Waals surface area contributed by atoms with Gasteiger partial charge in [-0.05, 0) is 34.1 Å². The zero-order valence-electron chi connectivity index (χ0n) is 7.04. The maximum absolute atomic E-state index is 11.5. The molecule has 3 rings (SSSR count). The Bertz CT molecular complexity index is 565. The lowest BCUT2D eigenvalue weighted by atomic mass is 10.1. The maximum Gasteiger partial charge on any atom is 0.256 e. The average Bonchev–Trinajstić information content (AvgIpc) is 2.52. The van der Waals surface area contributed by atoms with Crippen molar-refractivity contribution in [2.45, 2.75) is 0 Å². The van der Waals surface area contributed by atoms with Gasteiger partial charge < -0.3 is 5.32 Å². The standard InChI is InChI=1S/C10H5BrN2O/c11-6-1-2-7-8-5(10(14)13-7)3-4-12-9(6)8/h1-4H,(H,13,14). The van der Waals surface area contributed by atoms with E-state index in [1.54, 1.807) is 12.3 Å². The summed E-state index contributed by atoms with van der Waals surface area (Å²) in [5.74, 6) is -0.0505. The monoisotopic (exact) mass is 248 g/mol. The highest BCUT2D eigenvalue weighted by atomic mass is 79.9. The molecule has 1 aliphatic heterocycles. The van der Waals surface area contributed by atoms with E-state index in [0.29, 0.717) is 5.56 Å². The number of hydrogen-bond acceptors (Lipinski definition) is 2. The minimum atomic E-state index is -0.0505. The molecule has 0 saturated heterocycles. The van der Waals surface area contributed by atoms with E-state index in [0.717, 1.165) is 21.1 Å². The second-order valence-electron chi connectivity index (χ2n) is 3.13. The zero-order chi connectivity index (χ0) is 9.71. The molecule has 1 aromatic carbocycles. The lowest BCUT2D eigenvalue weighted by Gasteiger charge is -2.00. The van der Waals surface area contributed by atoms with Gasteiger partial charge in [0, 0.05) is 16.1 Å². The maximum atomic E-state index is 11.5. The highest BCUT2D eigenvalue weighted by molar-refractivity contribution is 9.10. The second-order valence-corrected chi connectivity index (χ2v) is 3.99. The van der Waals surface area contributed by atoms with Crippen LogP contribution in [0.25, 0.3) is 10.9 Å². The SMILES string of the molecule is O=C1Nc2ccc(Br)c3nccc1c23. The number of nitrogens with one attached hydrogen (secondary N) is 1. The third-order valence-corrected chi connectivity index (χ3v) is 2.98. The number of pyridine rings is 1. The molecule has 0 radical (unpaired) electrons. The van der Waals surface area contributed by atoms with Crippen LogP contribution in [-0.2, 0) is 0 Å². The molecule has 68 valence electrons. The van der Waals surface area contributed by atoms with Crippen molar-refractivity contribution in [2.24, 2.45) is 0 Å². The summed E-state index contributed by atoms with van der Waals surface area (Å²) in [7, 11) is 0. The number of carbonyl (C=O) groups excluding carboxylic acids is 1. The number of benzene rings is 1. The van der Waals surface area contributed by atoms with E-state index < -0.39 is 0 Å². The number of aromatic nitrogens is 1. The van der Waals surface area contributed by atoms with E-state index in [4.69, 9.17) is 0 Å². The molecular weight excluding hydrogens is 244 g/mol. The minimum absolute atomic E-state index is 0.0505. The smallest absolute Gasteiger partial charge is 0.256 e. The number of hydrogen-bond donors (Lipinski definition) is 1. The number of carbonyl (C=O) groups is 1. The molecule has 4 heteroatoms. The van der Waals surface area contributed by atoms with E-state index in [9.17, 15) is 4.79 Å². The molecule has 0 atom stereocenters. The summed E-state index contributed by atoms with van der Waals surface area (Å²) in [5, 5.41) is 3.71. The molecule has 1 amide bonds. The molecule has 0 saturated carbocycles. The van der Waals surface area contributed by atoms with Gasteiger partial charge in [-0.2, -0.15) is 0 Å². The molecule has 1 aromatic heterocycles. The highest BCUT2D eigenvalue weighted by Crippen LogP contribution is 2.35. The van der Waals surface area contributed by atoms with Crippen LogP contribution in [0, 0.1) is 0 Å². The molecule has 0 unspecified atom stereocenters. The highest BCUT2D eigenvalue weighted by Gasteiger charge is 2.22. The summed E-state index contributed by atoms with van der Waals surface area (Å²) in [6, 6.07) is 5.50. The Morgan fingerprint density at radius 2 is 2.14 bits per heavy atom. The molecule has 0 bridgehead atoms. The van der Waals surface area contributed by atoms with Crippen molar-refractivity contribution in [3.63, 3.8) is 0 Å². The predicted octanol–water partition coefficient (Wildman–Crippen LogP) is 2.56. The molecule has 2 heterocycles. The van der Waals surface area contributed by atoms with Crippen molar-refractivity contribution >= 4 is 38.4 Å². The van der Waals surface area contributed by atoms with Gasteiger partial charge in [0.2, 0.25) is 0 Å². The van der Waals surface area contributed by atoms with Crippen LogP contribution in [0.1, 0.15) is 10.4 Å². The van der Waals surface area contributed by atoms with E-state index in [-0.39, 0.29) is 5.91 Å². The van der Waals surface area contributed by atoms with E-state index in [2.05, 4.69) is 26.2 Å². The molecule has 3 nitrogen and oxygen atoms in total. The summed E-state index contributed by atoms with van der Waals surface area (Å²) in [4.78, 5) is 15.7. The Labute approximate surface area is 88.3 Å². The summed E-state index contributed by atoms with van der Waals surface area (Å²) in [5.41, 5.74) is 2.38. The molecule has 0 fully saturated rings. The number of nitrogens with zero attached hydrogens (tertiary/aromatic N) is 1. The van der Waals surface area contributed by atoms with Crippen LogP contribution in [0.3, 0.4) is 0 Å². The van der Waals surface area contributed by atoms with Gasteiger partial charge in [-0.3, -0.25) is 9.78 Å². The van der Waals surface area contributed by atoms with Crippen LogP contribution in [0.4, 0.5) is 5.69 Å². The van der Waals surface area contributed by atoms with Crippen LogP contribution in [-0.4, -0.2) is 10.9 Å². The zero-order valence-corrected chi connectivity index (χ0v) is 8.63. The summed E-state index contributed by atoms with van der Waals surface area (Å²) < 4.78 is 0.912. The fourth-order valence-electron chi connectivity index (χ4n) is 1.72. The summed E-state index contributed by atoms with van der Waals surface area (Å²) in [6.45, 7) is 0. The third kappa shape index (κ3) is 0.861. The fourth-order valence-corrected chi connectivity index (χ4v) is 2.15. The quantitative estimate of drug-likeness (QED) is 0.779. The summed E-state index contributed by atoms with van der Waals surface area (Å²) in [6.07, 6.45) is 1.65. The van der Waals surface area contributed by atoms with Crippen LogP contribution in [0.15, 0.2) is 28.9 Å². The van der Waals surface area contributed by atoms with Crippen LogP contribution in [0.5, 0.6) is 0 Å². The molecule has 1 aliphatic rings. The Morgan fingerprint density at radius 3 is 3.00 bits per heavy atom. The lowest BCUT2D eigenvalue weighted by Crippen LogP contribution is -2.03. The Balaban J connectivity index is 2.58. The molecule has 0 spiro atoms. The average molecular weight is 249 g/mol. The first-order valence-electron chi connectivity index (χ1n) is 4.16. The molecular formula is C10H5BrN2O. The fraction of sp³-hybridized carbons (Fsp3) is 0. The number of halogens is 1. The van der Waals surface area contributed by atoms with E-state index >= 15 is 0 Å². The van der Waals surface area contributed by atoms with Crippen molar-refractivity contribution < 1.29 is 4.79 Å². The van der Waals surface area contributed by atoms with Crippen LogP contribution >= 0.6 is 15.9 Å². The minimum Gasteiger partial charge on any atom is -0.321 e. The Kier molecular flexibility index (Phi) is 1.44. The lowest BCUT2D eigenvalue weighted by molar-refractivity contribution is 0.103. The first-order chi connectivity index (χ1) is 6.77. The number of rotatable bonds is 0. The van der Waals surface area contributed by atoms with Crippen LogP contribution in [0.2, 0.25) is 0 Å². The number of amides is 1. The van der Waals surface area contributed by atoms with Gasteiger partial charge in [0.1, 0.15) is 0 Å². The van der Waals surface area contributed by atoms with Crippen molar-refractivity contribution in [3.8, 4) is 0 Å². The predicted molar refractivity (Wildman–Crippen MR) is 57.4 cm³/mol. The summed E-state index contributed by atoms with van der Waals surface area (Å²) >= 11 is 3.41. The molecule has 0 aliphatic carbocycles. The van der Waals surface area contributed by atoms with E-state index in [1.807, 2.05) is 12.1 Å². The Hall–Kier alpha value is -1.42. The van der Waals surface area contributed by atoms with Crippen molar-refractivity contribution in [1.29, 1.82) is 0 Å². The molecule has 2 aromatic rings. The van der Waals surface area contributed by atoms with Gasteiger partial charge in [0.15, 0.2) is 0 Å². The van der Waals surface area contributed by atoms with Crippen molar-refractivity contribution in [2.75, 3.05) is 5.32 Å². The first-order valence-corrected chi connectivity index (χ1v) is 4.95. The van der Waals surface area contributed by atoms with Crippen LogP contribution < -0.4 is 5.32 Å². The molecule has 1 N–H and O–H groups in total. The Morgan fingerprint density at radius 1 is 1.29 bits per heavy atom. The van der Waals surface area contributed by atoms with Gasteiger partial charge in [0.05, 0.1) is 16.8 Å². The van der Waals surface area contributed by atoms with Gasteiger partial charge >= 0.3 is 0 Å².